The van der Waals surface area contributed by atoms with Crippen molar-refractivity contribution in [1.29, 1.82) is 0 Å². The fourth-order valence-electron chi connectivity index (χ4n) is 3.18. The van der Waals surface area contributed by atoms with Crippen LogP contribution in [0.5, 0.6) is 11.5 Å². The first-order chi connectivity index (χ1) is 13.3. The Morgan fingerprint density at radius 3 is 2.14 bits per heavy atom. The molecule has 0 saturated heterocycles. The topological polar surface area (TPSA) is 52.6 Å². The second-order valence-electron chi connectivity index (χ2n) is 6.90. The minimum absolute atomic E-state index is 0.123. The Labute approximate surface area is 163 Å². The van der Waals surface area contributed by atoms with Crippen LogP contribution in [0, 0.1) is 5.82 Å². The van der Waals surface area contributed by atoms with Crippen molar-refractivity contribution in [3.05, 3.63) is 71.6 Å². The van der Waals surface area contributed by atoms with E-state index in [9.17, 15) is 14.0 Å². The van der Waals surface area contributed by atoms with Gasteiger partial charge in [0.15, 0.2) is 0 Å². The molecule has 0 atom stereocenters. The quantitative estimate of drug-likeness (QED) is 0.419. The van der Waals surface area contributed by atoms with Crippen LogP contribution in [0.2, 0.25) is 0 Å². The molecular formula is C23H21FO4. The normalized spacial score (nSPS) is 12.2. The first kappa shape index (κ1) is 19.5. The molecule has 0 aliphatic heterocycles. The Balaban J connectivity index is 1.95. The molecule has 0 aromatic heterocycles. The third kappa shape index (κ3) is 3.88. The maximum absolute atomic E-state index is 14.8. The van der Waals surface area contributed by atoms with Crippen molar-refractivity contribution < 1.29 is 23.5 Å². The van der Waals surface area contributed by atoms with E-state index >= 15 is 0 Å². The summed E-state index contributed by atoms with van der Waals surface area (Å²) in [5, 5.41) is 0. The van der Waals surface area contributed by atoms with Gasteiger partial charge in [0, 0.05) is 22.8 Å². The minimum atomic E-state index is -0.600. The molecule has 2 aromatic rings. The molecule has 0 N–H and O–H groups in total. The molecule has 0 fully saturated rings. The number of hydrogen-bond donors (Lipinski definition) is 0. The van der Waals surface area contributed by atoms with E-state index in [1.54, 1.807) is 31.2 Å². The van der Waals surface area contributed by atoms with Gasteiger partial charge in [0.25, 0.3) is 0 Å². The van der Waals surface area contributed by atoms with Crippen LogP contribution in [-0.4, -0.2) is 11.9 Å². The van der Waals surface area contributed by atoms with Gasteiger partial charge in [-0.15, -0.1) is 0 Å². The minimum Gasteiger partial charge on any atom is -0.423 e. The number of fused-ring (bicyclic) bond motifs is 1. The van der Waals surface area contributed by atoms with Crippen molar-refractivity contribution in [3.8, 4) is 22.6 Å². The monoisotopic (exact) mass is 380 g/mol. The zero-order valence-corrected chi connectivity index (χ0v) is 15.9. The Morgan fingerprint density at radius 2 is 1.50 bits per heavy atom. The summed E-state index contributed by atoms with van der Waals surface area (Å²) in [7, 11) is 0. The molecule has 144 valence electrons. The number of ether oxygens (including phenoxy) is 2. The molecule has 28 heavy (non-hydrogen) atoms. The lowest BCUT2D eigenvalue weighted by molar-refractivity contribution is -0.131. The van der Waals surface area contributed by atoms with Crippen LogP contribution in [0.3, 0.4) is 0 Å². The Bertz CT molecular complexity index is 1000. The summed E-state index contributed by atoms with van der Waals surface area (Å²) in [5.74, 6) is -0.948. The Kier molecular flexibility index (Phi) is 5.45. The van der Waals surface area contributed by atoms with Crippen molar-refractivity contribution in [2.24, 2.45) is 0 Å². The van der Waals surface area contributed by atoms with Gasteiger partial charge in [0.05, 0.1) is 0 Å². The van der Waals surface area contributed by atoms with E-state index in [2.05, 4.69) is 13.2 Å². The second-order valence-corrected chi connectivity index (χ2v) is 6.90. The number of halogens is 1. The van der Waals surface area contributed by atoms with Gasteiger partial charge >= 0.3 is 11.9 Å². The molecule has 5 heteroatoms. The molecule has 3 rings (SSSR count). The standard InChI is InChI=1S/C23H21FO4/c1-13(2)22(25)27-15-8-9-18(20(24)12-15)17-10-11-21(28-23(26)14(3)4)19-7-5-6-16(17)19/h8-12H,1,3,5-7H2,2,4H3. The van der Waals surface area contributed by atoms with Crippen molar-refractivity contribution in [1.82, 2.24) is 0 Å². The average molecular weight is 380 g/mol. The van der Waals surface area contributed by atoms with E-state index in [1.807, 2.05) is 0 Å². The number of esters is 2. The van der Waals surface area contributed by atoms with Gasteiger partial charge in [-0.3, -0.25) is 0 Å². The van der Waals surface area contributed by atoms with E-state index in [4.69, 9.17) is 9.47 Å². The predicted molar refractivity (Wildman–Crippen MR) is 105 cm³/mol. The molecule has 0 radical (unpaired) electrons. The molecule has 1 aliphatic rings. The van der Waals surface area contributed by atoms with Crippen molar-refractivity contribution >= 4 is 11.9 Å². The highest BCUT2D eigenvalue weighted by Gasteiger charge is 2.23. The smallest absolute Gasteiger partial charge is 0.338 e. The molecule has 0 unspecified atom stereocenters. The zero-order valence-electron chi connectivity index (χ0n) is 15.9. The molecule has 0 amide bonds. The predicted octanol–water partition coefficient (Wildman–Crippen LogP) is 4.94. The first-order valence-corrected chi connectivity index (χ1v) is 8.98. The van der Waals surface area contributed by atoms with Crippen molar-refractivity contribution in [2.45, 2.75) is 33.1 Å². The molecule has 1 aliphatic carbocycles. The fourth-order valence-corrected chi connectivity index (χ4v) is 3.18. The van der Waals surface area contributed by atoms with E-state index in [0.717, 1.165) is 36.0 Å². The van der Waals surface area contributed by atoms with Crippen LogP contribution in [0.1, 0.15) is 31.4 Å². The fraction of sp³-hybridized carbons (Fsp3) is 0.217. The highest BCUT2D eigenvalue weighted by Crippen LogP contribution is 2.39. The third-order valence-electron chi connectivity index (χ3n) is 4.58. The van der Waals surface area contributed by atoms with Crippen LogP contribution in [0.15, 0.2) is 54.6 Å². The maximum Gasteiger partial charge on any atom is 0.338 e. The number of carbonyl (C=O) groups is 2. The summed E-state index contributed by atoms with van der Waals surface area (Å²) in [4.78, 5) is 23.5. The molecule has 0 heterocycles. The number of hydrogen-bond acceptors (Lipinski definition) is 4. The first-order valence-electron chi connectivity index (χ1n) is 8.98. The summed E-state index contributed by atoms with van der Waals surface area (Å²) in [5.41, 5.74) is 3.61. The van der Waals surface area contributed by atoms with Gasteiger partial charge in [0.1, 0.15) is 17.3 Å². The molecule has 0 bridgehead atoms. The Morgan fingerprint density at radius 1 is 0.893 bits per heavy atom. The molecule has 2 aromatic carbocycles. The second kappa shape index (κ2) is 7.80. The highest BCUT2D eigenvalue weighted by molar-refractivity contribution is 5.89. The van der Waals surface area contributed by atoms with Gasteiger partial charge < -0.3 is 9.47 Å². The lowest BCUT2D eigenvalue weighted by Crippen LogP contribution is -2.10. The van der Waals surface area contributed by atoms with Crippen LogP contribution in [0.4, 0.5) is 4.39 Å². The lowest BCUT2D eigenvalue weighted by Gasteiger charge is -2.14. The summed E-state index contributed by atoms with van der Waals surface area (Å²) >= 11 is 0. The third-order valence-corrected chi connectivity index (χ3v) is 4.58. The molecule has 0 saturated carbocycles. The maximum atomic E-state index is 14.8. The average Bonchev–Trinajstić information content (AvgIpc) is 3.12. The lowest BCUT2D eigenvalue weighted by atomic mass is 9.95. The van der Waals surface area contributed by atoms with E-state index < -0.39 is 17.8 Å². The zero-order chi connectivity index (χ0) is 20.4. The van der Waals surface area contributed by atoms with Gasteiger partial charge in [-0.25, -0.2) is 14.0 Å². The molecule has 0 spiro atoms. The summed E-state index contributed by atoms with van der Waals surface area (Å²) in [6, 6.07) is 7.77. The highest BCUT2D eigenvalue weighted by atomic mass is 19.1. The number of rotatable bonds is 5. The molecule has 4 nitrogen and oxygen atoms in total. The van der Waals surface area contributed by atoms with Gasteiger partial charge in [0.2, 0.25) is 0 Å². The van der Waals surface area contributed by atoms with E-state index in [-0.39, 0.29) is 11.3 Å². The van der Waals surface area contributed by atoms with Crippen LogP contribution in [-0.2, 0) is 22.4 Å². The van der Waals surface area contributed by atoms with Crippen molar-refractivity contribution in [2.75, 3.05) is 0 Å². The Hall–Kier alpha value is -3.21. The summed E-state index contributed by atoms with van der Waals surface area (Å²) in [6.07, 6.45) is 2.44. The summed E-state index contributed by atoms with van der Waals surface area (Å²) < 4.78 is 25.3. The van der Waals surface area contributed by atoms with Crippen molar-refractivity contribution in [3.63, 3.8) is 0 Å². The van der Waals surface area contributed by atoms with E-state index in [0.29, 0.717) is 16.9 Å². The van der Waals surface area contributed by atoms with E-state index in [1.165, 1.54) is 13.0 Å². The molecular weight excluding hydrogens is 359 g/mol. The number of benzene rings is 2. The van der Waals surface area contributed by atoms with Crippen LogP contribution < -0.4 is 9.47 Å². The van der Waals surface area contributed by atoms with Crippen LogP contribution >= 0.6 is 0 Å². The summed E-state index contributed by atoms with van der Waals surface area (Å²) in [6.45, 7) is 10.2. The van der Waals surface area contributed by atoms with Gasteiger partial charge in [-0.05, 0) is 68.0 Å². The van der Waals surface area contributed by atoms with Crippen LogP contribution in [0.25, 0.3) is 11.1 Å². The number of carbonyl (C=O) groups excluding carboxylic acids is 2. The van der Waals surface area contributed by atoms with Gasteiger partial charge in [-0.2, -0.15) is 0 Å². The van der Waals surface area contributed by atoms with Gasteiger partial charge in [-0.1, -0.05) is 19.2 Å². The SMILES string of the molecule is C=C(C)C(=O)Oc1ccc(-c2ccc(OC(=O)C(=C)C)c3c2CCC3)c(F)c1. The largest absolute Gasteiger partial charge is 0.423 e.